The number of hydrogen-bond acceptors (Lipinski definition) is 2. The van der Waals surface area contributed by atoms with Crippen molar-refractivity contribution in [2.45, 2.75) is 61.3 Å². The minimum Gasteiger partial charge on any atom is -0.466 e. The third-order valence-electron chi connectivity index (χ3n) is 1.79. The van der Waals surface area contributed by atoms with E-state index in [0.29, 0.717) is 0 Å². The van der Waals surface area contributed by atoms with Crippen LogP contribution >= 0.6 is 0 Å². The standard InChI is InChI=1S/C7H10O.C4H10.C2H6.C2H4.CH2O/c1-5-4-6(2)8-7(5)3;1-3-4-2;3*1-2/h4H,1-3H3;3-4H2,1-2H3;1-2H3;1-2H2;1H2. The Morgan fingerprint density at radius 1 is 1.00 bits per heavy atom. The quantitative estimate of drug-likeness (QED) is 0.607. The van der Waals surface area contributed by atoms with Crippen LogP contribution < -0.4 is 0 Å². The molecule has 0 spiro atoms. The number of rotatable bonds is 1. The Balaban J connectivity index is -0.0000000841. The normalized spacial score (nSPS) is 6.83. The van der Waals surface area contributed by atoms with E-state index in [2.05, 4.69) is 27.0 Å². The molecular formula is C16H32O2. The average Bonchev–Trinajstić information content (AvgIpc) is 2.74. The van der Waals surface area contributed by atoms with Gasteiger partial charge >= 0.3 is 0 Å². The summed E-state index contributed by atoms with van der Waals surface area (Å²) in [5, 5.41) is 0. The first-order chi connectivity index (χ1) is 8.61. The molecule has 18 heavy (non-hydrogen) atoms. The van der Waals surface area contributed by atoms with E-state index >= 15 is 0 Å². The molecule has 0 aromatic carbocycles. The van der Waals surface area contributed by atoms with Crippen LogP contribution in [-0.4, -0.2) is 6.79 Å². The van der Waals surface area contributed by atoms with Crippen LogP contribution in [0.2, 0.25) is 0 Å². The second-order valence-electron chi connectivity index (χ2n) is 3.10. The third kappa shape index (κ3) is 20.1. The van der Waals surface area contributed by atoms with Crippen molar-refractivity contribution in [1.82, 2.24) is 0 Å². The van der Waals surface area contributed by atoms with Crippen molar-refractivity contribution in [1.29, 1.82) is 0 Å². The minimum absolute atomic E-state index is 1.00. The van der Waals surface area contributed by atoms with Crippen molar-refractivity contribution in [3.05, 3.63) is 36.3 Å². The van der Waals surface area contributed by atoms with Crippen LogP contribution in [0, 0.1) is 20.8 Å². The van der Waals surface area contributed by atoms with Gasteiger partial charge in [0.25, 0.3) is 0 Å². The van der Waals surface area contributed by atoms with Crippen molar-refractivity contribution in [3.8, 4) is 0 Å². The number of carbonyl (C=O) groups excluding carboxylic acids is 1. The first-order valence-corrected chi connectivity index (χ1v) is 6.44. The van der Waals surface area contributed by atoms with Crippen molar-refractivity contribution in [2.75, 3.05) is 0 Å². The van der Waals surface area contributed by atoms with E-state index in [1.165, 1.54) is 18.4 Å². The summed E-state index contributed by atoms with van der Waals surface area (Å²) in [6.07, 6.45) is 2.64. The van der Waals surface area contributed by atoms with Gasteiger partial charge in [0.05, 0.1) is 0 Å². The maximum Gasteiger partial charge on any atom is 0.106 e. The zero-order chi connectivity index (χ0) is 15.6. The molecule has 1 heterocycles. The summed E-state index contributed by atoms with van der Waals surface area (Å²) in [6.45, 7) is 22.3. The van der Waals surface area contributed by atoms with Gasteiger partial charge in [-0.15, -0.1) is 13.2 Å². The van der Waals surface area contributed by atoms with Gasteiger partial charge in [0, 0.05) is 0 Å². The lowest BCUT2D eigenvalue weighted by molar-refractivity contribution is -0.0979. The van der Waals surface area contributed by atoms with E-state index in [-0.39, 0.29) is 0 Å². The molecule has 1 aromatic rings. The largest absolute Gasteiger partial charge is 0.466 e. The fourth-order valence-corrected chi connectivity index (χ4v) is 0.758. The summed E-state index contributed by atoms with van der Waals surface area (Å²) in [5.41, 5.74) is 1.24. The van der Waals surface area contributed by atoms with Crippen LogP contribution in [0.3, 0.4) is 0 Å². The number of aryl methyl sites for hydroxylation is 3. The van der Waals surface area contributed by atoms with Gasteiger partial charge in [-0.05, 0) is 32.4 Å². The van der Waals surface area contributed by atoms with E-state index < -0.39 is 0 Å². The zero-order valence-electron chi connectivity index (χ0n) is 13.4. The molecule has 0 saturated carbocycles. The number of unbranched alkanes of at least 4 members (excludes halogenated alkanes) is 1. The predicted molar refractivity (Wildman–Crippen MR) is 83.2 cm³/mol. The summed E-state index contributed by atoms with van der Waals surface area (Å²) in [7, 11) is 0. The van der Waals surface area contributed by atoms with Crippen LogP contribution in [0.1, 0.15) is 57.6 Å². The van der Waals surface area contributed by atoms with E-state index in [9.17, 15) is 0 Å². The summed E-state index contributed by atoms with van der Waals surface area (Å²) in [5.74, 6) is 2.03. The number of hydrogen-bond donors (Lipinski definition) is 0. The van der Waals surface area contributed by atoms with Gasteiger partial charge in [0.2, 0.25) is 0 Å². The molecule has 108 valence electrons. The van der Waals surface area contributed by atoms with Gasteiger partial charge in [-0.1, -0.05) is 40.5 Å². The van der Waals surface area contributed by atoms with Gasteiger partial charge in [0.15, 0.2) is 0 Å². The van der Waals surface area contributed by atoms with Crippen LogP contribution in [0.4, 0.5) is 0 Å². The molecule has 0 radical (unpaired) electrons. The lowest BCUT2D eigenvalue weighted by atomic mass is 10.3. The van der Waals surface area contributed by atoms with Gasteiger partial charge in [-0.25, -0.2) is 0 Å². The third-order valence-corrected chi connectivity index (χ3v) is 1.79. The monoisotopic (exact) mass is 256 g/mol. The SMILES string of the molecule is C=C.C=O.CC.CCCC.Cc1cc(C)c(C)o1. The fraction of sp³-hybridized carbons (Fsp3) is 0.562. The van der Waals surface area contributed by atoms with Crippen molar-refractivity contribution < 1.29 is 9.21 Å². The lowest BCUT2D eigenvalue weighted by Crippen LogP contribution is -1.63. The van der Waals surface area contributed by atoms with E-state index in [4.69, 9.17) is 9.21 Å². The fourth-order valence-electron chi connectivity index (χ4n) is 0.758. The number of carbonyl (C=O) groups is 1. The van der Waals surface area contributed by atoms with Gasteiger partial charge in [0.1, 0.15) is 18.3 Å². The van der Waals surface area contributed by atoms with Crippen molar-refractivity contribution in [2.24, 2.45) is 0 Å². The summed E-state index contributed by atoms with van der Waals surface area (Å²) >= 11 is 0. The van der Waals surface area contributed by atoms with Gasteiger partial charge < -0.3 is 9.21 Å². The van der Waals surface area contributed by atoms with E-state index in [1.54, 1.807) is 0 Å². The van der Waals surface area contributed by atoms with Crippen LogP contribution in [0.25, 0.3) is 0 Å². The Labute approximate surface area is 114 Å². The molecule has 0 atom stereocenters. The molecule has 1 rings (SSSR count). The molecule has 0 aliphatic rings. The molecule has 0 fully saturated rings. The Bertz CT molecular complexity index is 216. The highest BCUT2D eigenvalue weighted by atomic mass is 16.3. The molecule has 0 amide bonds. The first kappa shape index (κ1) is 25.5. The minimum atomic E-state index is 1.00. The Hall–Kier alpha value is -1.31. The average molecular weight is 256 g/mol. The molecule has 0 N–H and O–H groups in total. The maximum absolute atomic E-state index is 8.00. The predicted octanol–water partition coefficient (Wildman–Crippen LogP) is 5.65. The summed E-state index contributed by atoms with van der Waals surface area (Å²) in [4.78, 5) is 8.00. The van der Waals surface area contributed by atoms with Crippen LogP contribution in [0.15, 0.2) is 23.6 Å². The highest BCUT2D eigenvalue weighted by molar-refractivity contribution is 5.17. The highest BCUT2D eigenvalue weighted by Gasteiger charge is 1.95. The van der Waals surface area contributed by atoms with Crippen LogP contribution in [-0.2, 0) is 4.79 Å². The molecule has 0 unspecified atom stereocenters. The molecule has 2 nitrogen and oxygen atoms in total. The summed E-state index contributed by atoms with van der Waals surface area (Å²) < 4.78 is 5.21. The van der Waals surface area contributed by atoms with Gasteiger partial charge in [-0.2, -0.15) is 0 Å². The second kappa shape index (κ2) is 24.8. The van der Waals surface area contributed by atoms with Crippen molar-refractivity contribution in [3.63, 3.8) is 0 Å². The van der Waals surface area contributed by atoms with Gasteiger partial charge in [-0.3, -0.25) is 0 Å². The molecule has 0 aliphatic carbocycles. The molecule has 0 aliphatic heterocycles. The molecule has 0 saturated heterocycles. The van der Waals surface area contributed by atoms with E-state index in [1.807, 2.05) is 47.5 Å². The zero-order valence-corrected chi connectivity index (χ0v) is 13.4. The topological polar surface area (TPSA) is 30.2 Å². The Kier molecular flexibility index (Phi) is 35.1. The second-order valence-corrected chi connectivity index (χ2v) is 3.10. The van der Waals surface area contributed by atoms with Crippen molar-refractivity contribution >= 4 is 6.79 Å². The molecule has 1 aromatic heterocycles. The first-order valence-electron chi connectivity index (χ1n) is 6.44. The Morgan fingerprint density at radius 2 is 1.33 bits per heavy atom. The smallest absolute Gasteiger partial charge is 0.106 e. The van der Waals surface area contributed by atoms with Crippen LogP contribution in [0.5, 0.6) is 0 Å². The lowest BCUT2D eigenvalue weighted by Gasteiger charge is -1.80. The van der Waals surface area contributed by atoms with E-state index in [0.717, 1.165) is 11.5 Å². The maximum atomic E-state index is 8.00. The Morgan fingerprint density at radius 3 is 1.39 bits per heavy atom. The molecule has 2 heteroatoms. The highest BCUT2D eigenvalue weighted by Crippen LogP contribution is 2.10. The summed E-state index contributed by atoms with van der Waals surface area (Å²) in [6, 6.07) is 2.04. The molecular weight excluding hydrogens is 224 g/mol. The molecule has 0 bridgehead atoms. The number of furan rings is 1.